The van der Waals surface area contributed by atoms with Gasteiger partial charge in [0.15, 0.2) is 0 Å². The molecule has 3 aromatic carbocycles. The molecule has 0 atom stereocenters. The summed E-state index contributed by atoms with van der Waals surface area (Å²) in [4.78, 5) is 45.2. The Morgan fingerprint density at radius 1 is 0.740 bits per heavy atom. The van der Waals surface area contributed by atoms with E-state index in [1.165, 1.54) is 55.5 Å². The van der Waals surface area contributed by atoms with Gasteiger partial charge in [0.05, 0.1) is 11.4 Å². The molecule has 2 saturated heterocycles. The van der Waals surface area contributed by atoms with Crippen molar-refractivity contribution in [2.75, 3.05) is 34.8 Å². The molecule has 0 bridgehead atoms. The number of phenols is 2. The number of aryl methyl sites for hydroxylation is 2. The molecule has 0 radical (unpaired) electrons. The van der Waals surface area contributed by atoms with Gasteiger partial charge in [0, 0.05) is 25.6 Å². The number of amides is 4. The van der Waals surface area contributed by atoms with Gasteiger partial charge in [0.2, 0.25) is 5.91 Å². The standard InChI is InChI=1S/C18H18FN3O5S.C13H17N3O5S/c19-14-6-4-13(5-7-14)18(25)20-9-1-2-12-3-8-15(16(23)10-12)22-11-17(24)21-28(22,26)27;1-9(17)14-6-2-3-10-4-5-11(12(18)7-10)16-8-13(19)15-22(16,20)21/h3-8,10,23H,1-2,9,11H2,(H,20,25)(H,21,24);4-5,7,18H,2-3,6,8H2,1H3,(H,14,17)(H,15,19). The van der Waals surface area contributed by atoms with E-state index < -0.39 is 38.1 Å². The van der Waals surface area contributed by atoms with Crippen LogP contribution in [0.2, 0.25) is 0 Å². The third-order valence-electron chi connectivity index (χ3n) is 7.31. The molecular weight excluding hydrogens is 700 g/mol. The van der Waals surface area contributed by atoms with Crippen LogP contribution in [0.3, 0.4) is 0 Å². The number of anilines is 2. The summed E-state index contributed by atoms with van der Waals surface area (Å²) >= 11 is 0. The van der Waals surface area contributed by atoms with E-state index in [9.17, 15) is 50.6 Å². The maximum atomic E-state index is 12.9. The lowest BCUT2D eigenvalue weighted by Crippen LogP contribution is -2.29. The van der Waals surface area contributed by atoms with E-state index in [0.717, 1.165) is 19.7 Å². The fourth-order valence-corrected chi connectivity index (χ4v) is 7.27. The molecule has 3 aromatic rings. The van der Waals surface area contributed by atoms with Crippen LogP contribution in [0.5, 0.6) is 11.5 Å². The molecule has 0 spiro atoms. The van der Waals surface area contributed by atoms with Crippen molar-refractivity contribution in [3.05, 3.63) is 83.2 Å². The molecule has 5 rings (SSSR count). The Balaban J connectivity index is 0.000000232. The number of carbonyl (C=O) groups is 4. The van der Waals surface area contributed by atoms with Crippen LogP contribution in [0.1, 0.15) is 41.3 Å². The van der Waals surface area contributed by atoms with Gasteiger partial charge in [-0.2, -0.15) is 16.8 Å². The third-order valence-corrected chi connectivity index (χ3v) is 10.1. The van der Waals surface area contributed by atoms with Crippen LogP contribution >= 0.6 is 0 Å². The number of nitrogens with one attached hydrogen (secondary N) is 4. The van der Waals surface area contributed by atoms with Crippen LogP contribution in [0.25, 0.3) is 0 Å². The van der Waals surface area contributed by atoms with Crippen LogP contribution in [0.4, 0.5) is 15.8 Å². The fourth-order valence-electron chi connectivity index (χ4n) is 4.95. The maximum Gasteiger partial charge on any atom is 0.326 e. The summed E-state index contributed by atoms with van der Waals surface area (Å²) in [6, 6.07) is 14.3. The Kier molecular flexibility index (Phi) is 11.9. The van der Waals surface area contributed by atoms with Crippen molar-refractivity contribution in [3.8, 4) is 11.5 Å². The SMILES string of the molecule is CC(=O)NCCCc1ccc(N2CC(=O)NS2(=O)=O)c(O)c1.O=C1CN(c2ccc(CCCNC(=O)c3ccc(F)cc3)cc2O)S(=O)(=O)N1. The van der Waals surface area contributed by atoms with Gasteiger partial charge in [0.1, 0.15) is 30.4 Å². The molecule has 0 saturated carbocycles. The smallest absolute Gasteiger partial charge is 0.326 e. The van der Waals surface area contributed by atoms with E-state index in [2.05, 4.69) is 10.6 Å². The summed E-state index contributed by atoms with van der Waals surface area (Å²) in [5.41, 5.74) is 1.99. The minimum absolute atomic E-state index is 0.0201. The number of rotatable bonds is 11. The lowest BCUT2D eigenvalue weighted by Gasteiger charge is -2.16. The Bertz CT molecular complexity index is 1990. The molecule has 6 N–H and O–H groups in total. The number of nitrogens with zero attached hydrogens (tertiary/aromatic N) is 2. The molecule has 4 amide bonds. The molecule has 0 aromatic heterocycles. The van der Waals surface area contributed by atoms with Gasteiger partial charge in [-0.15, -0.1) is 0 Å². The van der Waals surface area contributed by atoms with Crippen LogP contribution in [-0.2, 0) is 47.6 Å². The molecule has 19 heteroatoms. The predicted molar refractivity (Wildman–Crippen MR) is 179 cm³/mol. The first-order valence-corrected chi connectivity index (χ1v) is 18.0. The Hall–Kier alpha value is -5.43. The second-order valence-electron chi connectivity index (χ2n) is 11.2. The number of hydrogen-bond donors (Lipinski definition) is 6. The van der Waals surface area contributed by atoms with Crippen molar-refractivity contribution >= 4 is 55.4 Å². The lowest BCUT2D eigenvalue weighted by atomic mass is 10.1. The minimum Gasteiger partial charge on any atom is -0.506 e. The third kappa shape index (κ3) is 9.82. The van der Waals surface area contributed by atoms with E-state index >= 15 is 0 Å². The predicted octanol–water partition coefficient (Wildman–Crippen LogP) is 0.717. The molecule has 2 fully saturated rings. The molecule has 16 nitrogen and oxygen atoms in total. The van der Waals surface area contributed by atoms with Crippen LogP contribution in [0.15, 0.2) is 60.7 Å². The molecule has 2 heterocycles. The van der Waals surface area contributed by atoms with Gasteiger partial charge in [0.25, 0.3) is 17.7 Å². The summed E-state index contributed by atoms with van der Waals surface area (Å²) < 4.78 is 65.3. The van der Waals surface area contributed by atoms with Crippen molar-refractivity contribution < 1.29 is 50.6 Å². The van der Waals surface area contributed by atoms with Gasteiger partial charge in [-0.3, -0.25) is 19.2 Å². The van der Waals surface area contributed by atoms with Crippen molar-refractivity contribution in [2.24, 2.45) is 0 Å². The Morgan fingerprint density at radius 2 is 1.18 bits per heavy atom. The average molecular weight is 735 g/mol. The van der Waals surface area contributed by atoms with Gasteiger partial charge >= 0.3 is 20.4 Å². The van der Waals surface area contributed by atoms with E-state index in [1.807, 2.05) is 9.44 Å². The van der Waals surface area contributed by atoms with Crippen LogP contribution < -0.4 is 28.7 Å². The van der Waals surface area contributed by atoms with Crippen molar-refractivity contribution in [1.29, 1.82) is 0 Å². The first kappa shape index (κ1) is 37.4. The number of aromatic hydroxyl groups is 2. The van der Waals surface area contributed by atoms with Crippen molar-refractivity contribution in [3.63, 3.8) is 0 Å². The molecule has 2 aliphatic rings. The summed E-state index contributed by atoms with van der Waals surface area (Å²) in [5.74, 6) is -2.60. The van der Waals surface area contributed by atoms with Crippen LogP contribution in [0, 0.1) is 5.82 Å². The molecule has 0 unspecified atom stereocenters. The number of phenolic OH excluding ortho intramolecular Hbond substituents is 2. The highest BCUT2D eigenvalue weighted by Gasteiger charge is 2.36. The number of halogens is 1. The topological polar surface area (TPSA) is 232 Å². The Morgan fingerprint density at radius 3 is 1.56 bits per heavy atom. The summed E-state index contributed by atoms with van der Waals surface area (Å²) in [6.45, 7) is 1.60. The van der Waals surface area contributed by atoms with Crippen LogP contribution in [-0.4, -0.2) is 76.9 Å². The van der Waals surface area contributed by atoms with Gasteiger partial charge in [-0.1, -0.05) is 12.1 Å². The van der Waals surface area contributed by atoms with Gasteiger partial charge < -0.3 is 20.8 Å². The van der Waals surface area contributed by atoms with Gasteiger partial charge in [-0.05, 0) is 85.3 Å². The number of carbonyl (C=O) groups excluding carboxylic acids is 4. The Labute approximate surface area is 287 Å². The first-order chi connectivity index (χ1) is 23.6. The van der Waals surface area contributed by atoms with Crippen molar-refractivity contribution in [1.82, 2.24) is 20.1 Å². The highest BCUT2D eigenvalue weighted by molar-refractivity contribution is 7.92. The molecular formula is C31H35FN6O10S2. The first-order valence-electron chi connectivity index (χ1n) is 15.1. The van der Waals surface area contributed by atoms with E-state index in [0.29, 0.717) is 44.3 Å². The molecule has 268 valence electrons. The largest absolute Gasteiger partial charge is 0.506 e. The monoisotopic (exact) mass is 734 g/mol. The second-order valence-corrected chi connectivity index (χ2v) is 14.4. The number of benzene rings is 3. The summed E-state index contributed by atoms with van der Waals surface area (Å²) in [5, 5.41) is 25.5. The quantitative estimate of drug-likeness (QED) is 0.151. The zero-order valence-electron chi connectivity index (χ0n) is 26.7. The highest BCUT2D eigenvalue weighted by atomic mass is 32.2. The molecule has 2 aliphatic heterocycles. The minimum atomic E-state index is -3.98. The lowest BCUT2D eigenvalue weighted by molar-refractivity contribution is -0.119. The van der Waals surface area contributed by atoms with E-state index in [-0.39, 0.29) is 47.8 Å². The average Bonchev–Trinajstić information content (AvgIpc) is 3.48. The van der Waals surface area contributed by atoms with E-state index in [1.54, 1.807) is 12.1 Å². The second kappa shape index (κ2) is 15.9. The highest BCUT2D eigenvalue weighted by Crippen LogP contribution is 2.32. The normalized spacial score (nSPS) is 15.8. The maximum absolute atomic E-state index is 12.9. The fraction of sp³-hybridized carbons (Fsp3) is 0.290. The van der Waals surface area contributed by atoms with Crippen molar-refractivity contribution in [2.45, 2.75) is 32.6 Å². The molecule has 0 aliphatic carbocycles. The zero-order valence-corrected chi connectivity index (χ0v) is 28.3. The summed E-state index contributed by atoms with van der Waals surface area (Å²) in [6.07, 6.45) is 2.42. The van der Waals surface area contributed by atoms with E-state index in [4.69, 9.17) is 0 Å². The molecule has 50 heavy (non-hydrogen) atoms. The zero-order chi connectivity index (χ0) is 36.6. The van der Waals surface area contributed by atoms with Gasteiger partial charge in [-0.25, -0.2) is 22.4 Å². The summed E-state index contributed by atoms with van der Waals surface area (Å²) in [7, 11) is -7.91. The number of hydrogen-bond acceptors (Lipinski definition) is 10.